The molecule has 0 unspecified atom stereocenters. The molecule has 2 aromatic rings. The summed E-state index contributed by atoms with van der Waals surface area (Å²) in [6, 6.07) is 10.3. The van der Waals surface area contributed by atoms with Gasteiger partial charge in [-0.2, -0.15) is 0 Å². The van der Waals surface area contributed by atoms with Crippen molar-refractivity contribution in [2.75, 3.05) is 39.3 Å². The van der Waals surface area contributed by atoms with Gasteiger partial charge in [0.1, 0.15) is 6.17 Å². The second-order valence-electron chi connectivity index (χ2n) is 7.76. The molecular weight excluding hydrogens is 442 g/mol. The number of hydrogen-bond donors (Lipinski definition) is 1. The average molecular weight is 467 g/mol. The first kappa shape index (κ1) is 23.1. The number of ether oxygens (including phenoxy) is 3. The molecule has 2 aromatic carbocycles. The normalized spacial score (nSPS) is 15.9. The number of benzene rings is 2. The fraction of sp³-hybridized carbons (Fsp3) is 0.333. The minimum Gasteiger partial charge on any atom is -0.493 e. The van der Waals surface area contributed by atoms with Crippen molar-refractivity contribution in [3.8, 4) is 11.5 Å². The van der Waals surface area contributed by atoms with Crippen LogP contribution in [-0.4, -0.2) is 63.0 Å². The number of esters is 1. The van der Waals surface area contributed by atoms with E-state index in [0.717, 1.165) is 0 Å². The Balaban J connectivity index is 1.66. The lowest BCUT2D eigenvalue weighted by Gasteiger charge is -2.40. The molecule has 10 heteroatoms. The number of nitrogens with zero attached hydrogens (tertiary/aromatic N) is 2. The molecule has 0 aliphatic carbocycles. The number of rotatable bonds is 8. The maximum atomic E-state index is 13.6. The van der Waals surface area contributed by atoms with Gasteiger partial charge in [0.25, 0.3) is 11.8 Å². The predicted octanol–water partition coefficient (Wildman–Crippen LogP) is 1.89. The summed E-state index contributed by atoms with van der Waals surface area (Å²) in [5, 5.41) is 2.65. The molecule has 4 rings (SSSR count). The molecule has 0 fully saturated rings. The van der Waals surface area contributed by atoms with Gasteiger partial charge in [-0.05, 0) is 18.2 Å². The third-order valence-electron chi connectivity index (χ3n) is 5.94. The number of carbonyl (C=O) groups excluding carboxylic acids is 4. The van der Waals surface area contributed by atoms with Crippen molar-refractivity contribution in [2.45, 2.75) is 19.0 Å². The van der Waals surface area contributed by atoms with Crippen LogP contribution < -0.4 is 19.7 Å². The maximum absolute atomic E-state index is 13.6. The van der Waals surface area contributed by atoms with Crippen molar-refractivity contribution in [2.24, 2.45) is 0 Å². The van der Waals surface area contributed by atoms with E-state index in [1.54, 1.807) is 41.3 Å². The molecule has 3 amide bonds. The maximum Gasteiger partial charge on any atom is 0.307 e. The summed E-state index contributed by atoms with van der Waals surface area (Å²) in [4.78, 5) is 53.7. The smallest absolute Gasteiger partial charge is 0.307 e. The van der Waals surface area contributed by atoms with Gasteiger partial charge in [-0.25, -0.2) is 0 Å². The molecule has 10 nitrogen and oxygen atoms in total. The zero-order valence-electron chi connectivity index (χ0n) is 19.1. The zero-order chi connectivity index (χ0) is 24.4. The minimum atomic E-state index is -0.729. The second kappa shape index (κ2) is 9.42. The number of amides is 3. The van der Waals surface area contributed by atoms with Gasteiger partial charge in [0.15, 0.2) is 11.5 Å². The van der Waals surface area contributed by atoms with Crippen LogP contribution in [0, 0.1) is 0 Å². The molecule has 34 heavy (non-hydrogen) atoms. The third-order valence-corrected chi connectivity index (χ3v) is 5.94. The highest BCUT2D eigenvalue weighted by Crippen LogP contribution is 2.49. The number of hydrogen-bond acceptors (Lipinski definition) is 7. The lowest BCUT2D eigenvalue weighted by molar-refractivity contribution is -0.140. The molecule has 0 radical (unpaired) electrons. The summed E-state index contributed by atoms with van der Waals surface area (Å²) < 4.78 is 15.4. The van der Waals surface area contributed by atoms with Crippen molar-refractivity contribution >= 4 is 29.4 Å². The molecule has 0 bridgehead atoms. The van der Waals surface area contributed by atoms with Crippen molar-refractivity contribution < 1.29 is 33.4 Å². The number of methoxy groups -OCH3 is 3. The SMILES string of the molecule is COC(=O)CCNC(=O)CCN1C(=O)c2ccccc2N2C(=O)c3c(ccc(OC)c3OC)[C@@H]12. The number of anilines is 1. The minimum absolute atomic E-state index is 0.00374. The van der Waals surface area contributed by atoms with Crippen molar-refractivity contribution in [1.29, 1.82) is 0 Å². The van der Waals surface area contributed by atoms with E-state index in [2.05, 4.69) is 10.1 Å². The highest BCUT2D eigenvalue weighted by Gasteiger charge is 2.49. The highest BCUT2D eigenvalue weighted by atomic mass is 16.5. The topological polar surface area (TPSA) is 114 Å². The Bertz CT molecular complexity index is 1160. The Hall–Kier alpha value is -4.08. The number of fused-ring (bicyclic) bond motifs is 5. The Morgan fingerprint density at radius 3 is 2.44 bits per heavy atom. The lowest BCUT2D eigenvalue weighted by atomic mass is 10.0. The molecule has 2 aliphatic heterocycles. The molecule has 0 saturated carbocycles. The van der Waals surface area contributed by atoms with Crippen molar-refractivity contribution in [3.63, 3.8) is 0 Å². The van der Waals surface area contributed by atoms with Crippen LogP contribution in [-0.2, 0) is 14.3 Å². The van der Waals surface area contributed by atoms with E-state index in [0.29, 0.717) is 33.9 Å². The van der Waals surface area contributed by atoms with Crippen LogP contribution in [0.15, 0.2) is 36.4 Å². The summed E-state index contributed by atoms with van der Waals surface area (Å²) >= 11 is 0. The van der Waals surface area contributed by atoms with Gasteiger partial charge in [-0.15, -0.1) is 0 Å². The first-order valence-electron chi connectivity index (χ1n) is 10.7. The van der Waals surface area contributed by atoms with Gasteiger partial charge in [0.2, 0.25) is 5.91 Å². The van der Waals surface area contributed by atoms with Gasteiger partial charge < -0.3 is 24.4 Å². The van der Waals surface area contributed by atoms with E-state index in [4.69, 9.17) is 9.47 Å². The largest absolute Gasteiger partial charge is 0.493 e. The van der Waals surface area contributed by atoms with E-state index in [9.17, 15) is 19.2 Å². The zero-order valence-corrected chi connectivity index (χ0v) is 19.1. The molecule has 2 heterocycles. The van der Waals surface area contributed by atoms with Crippen LogP contribution in [0.4, 0.5) is 5.69 Å². The van der Waals surface area contributed by atoms with E-state index in [-0.39, 0.29) is 43.7 Å². The van der Waals surface area contributed by atoms with Crippen molar-refractivity contribution in [3.05, 3.63) is 53.1 Å². The van der Waals surface area contributed by atoms with Gasteiger partial charge >= 0.3 is 5.97 Å². The number of para-hydroxylation sites is 1. The van der Waals surface area contributed by atoms with Crippen LogP contribution >= 0.6 is 0 Å². The third kappa shape index (κ3) is 3.81. The Labute approximate surface area is 196 Å². The first-order chi connectivity index (χ1) is 16.4. The van der Waals surface area contributed by atoms with Crippen LogP contribution in [0.1, 0.15) is 45.3 Å². The van der Waals surface area contributed by atoms with E-state index in [1.165, 1.54) is 26.2 Å². The Morgan fingerprint density at radius 2 is 1.74 bits per heavy atom. The average Bonchev–Trinajstić information content (AvgIpc) is 3.15. The van der Waals surface area contributed by atoms with E-state index >= 15 is 0 Å². The van der Waals surface area contributed by atoms with Gasteiger partial charge in [0.05, 0.1) is 44.6 Å². The number of nitrogens with one attached hydrogen (secondary N) is 1. The van der Waals surface area contributed by atoms with Crippen LogP contribution in [0.2, 0.25) is 0 Å². The fourth-order valence-corrected chi connectivity index (χ4v) is 4.37. The molecule has 0 saturated heterocycles. The van der Waals surface area contributed by atoms with Gasteiger partial charge in [-0.1, -0.05) is 18.2 Å². The molecule has 1 atom stereocenters. The van der Waals surface area contributed by atoms with Crippen molar-refractivity contribution in [1.82, 2.24) is 10.2 Å². The second-order valence-corrected chi connectivity index (χ2v) is 7.76. The van der Waals surface area contributed by atoms with Gasteiger partial charge in [-0.3, -0.25) is 24.1 Å². The first-order valence-corrected chi connectivity index (χ1v) is 10.7. The van der Waals surface area contributed by atoms with Crippen LogP contribution in [0.25, 0.3) is 0 Å². The number of carbonyl (C=O) groups is 4. The lowest BCUT2D eigenvalue weighted by Crippen LogP contribution is -2.49. The standard InChI is InChI=1S/C24H25N3O7/c1-32-17-9-8-15-20(21(17)34-3)24(31)27-16-7-5-4-6-14(16)23(30)26(22(15)27)13-11-18(28)25-12-10-19(29)33-2/h4-9,22H,10-13H2,1-3H3,(H,25,28)/t22-/m0/s1. The molecule has 0 aromatic heterocycles. The quantitative estimate of drug-likeness (QED) is 0.590. The summed E-state index contributed by atoms with van der Waals surface area (Å²) in [6.07, 6.45) is -0.679. The van der Waals surface area contributed by atoms with E-state index in [1.807, 2.05) is 0 Å². The Morgan fingerprint density at radius 1 is 0.971 bits per heavy atom. The van der Waals surface area contributed by atoms with Crippen LogP contribution in [0.3, 0.4) is 0 Å². The Kier molecular flexibility index (Phi) is 6.40. The summed E-state index contributed by atoms with van der Waals surface area (Å²) in [6.45, 7) is 0.204. The monoisotopic (exact) mass is 467 g/mol. The summed E-state index contributed by atoms with van der Waals surface area (Å²) in [7, 11) is 4.22. The van der Waals surface area contributed by atoms with E-state index < -0.39 is 12.1 Å². The van der Waals surface area contributed by atoms with Crippen LogP contribution in [0.5, 0.6) is 11.5 Å². The predicted molar refractivity (Wildman–Crippen MR) is 121 cm³/mol. The molecule has 1 N–H and O–H groups in total. The molecule has 0 spiro atoms. The molecule has 2 aliphatic rings. The molecular formula is C24H25N3O7. The van der Waals surface area contributed by atoms with Gasteiger partial charge in [0, 0.05) is 25.1 Å². The highest BCUT2D eigenvalue weighted by molar-refractivity contribution is 6.18. The summed E-state index contributed by atoms with van der Waals surface area (Å²) in [5.41, 5.74) is 1.79. The fourth-order valence-electron chi connectivity index (χ4n) is 4.37. The summed E-state index contributed by atoms with van der Waals surface area (Å²) in [5.74, 6) is -0.642. The molecule has 178 valence electrons.